The van der Waals surface area contributed by atoms with Gasteiger partial charge >= 0.3 is 0 Å². The van der Waals surface area contributed by atoms with E-state index in [1.807, 2.05) is 6.92 Å². The molecule has 1 saturated heterocycles. The second-order valence-electron chi connectivity index (χ2n) is 3.38. The topological polar surface area (TPSA) is 49.4 Å². The standard InChI is InChI=1S/C7H15ClN2O2S/c1-7(6-9-13(8,11)12)10-4-2-3-5-10/h7,9H,2-6H2,1H3. The lowest BCUT2D eigenvalue weighted by atomic mass is 10.3. The van der Waals surface area contributed by atoms with Crippen molar-refractivity contribution in [1.82, 2.24) is 9.62 Å². The number of nitrogens with one attached hydrogen (secondary N) is 1. The van der Waals surface area contributed by atoms with Crippen LogP contribution in [0.15, 0.2) is 0 Å². The zero-order valence-electron chi connectivity index (χ0n) is 7.66. The summed E-state index contributed by atoms with van der Waals surface area (Å²) in [5.74, 6) is 0. The van der Waals surface area contributed by atoms with Crippen molar-refractivity contribution in [3.8, 4) is 0 Å². The van der Waals surface area contributed by atoms with Gasteiger partial charge in [-0.3, -0.25) is 4.90 Å². The first-order valence-corrected chi connectivity index (χ1v) is 6.73. The van der Waals surface area contributed by atoms with Crippen molar-refractivity contribution < 1.29 is 8.42 Å². The number of rotatable bonds is 4. The summed E-state index contributed by atoms with van der Waals surface area (Å²) in [5.41, 5.74) is 0. The van der Waals surface area contributed by atoms with E-state index in [1.165, 1.54) is 12.8 Å². The van der Waals surface area contributed by atoms with Crippen LogP contribution in [0.4, 0.5) is 0 Å². The average molecular weight is 227 g/mol. The van der Waals surface area contributed by atoms with E-state index in [9.17, 15) is 8.42 Å². The lowest BCUT2D eigenvalue weighted by Gasteiger charge is -2.22. The van der Waals surface area contributed by atoms with Crippen LogP contribution in [0.2, 0.25) is 0 Å². The van der Waals surface area contributed by atoms with Gasteiger partial charge in [-0.25, -0.2) is 4.72 Å². The smallest absolute Gasteiger partial charge is 0.297 e. The van der Waals surface area contributed by atoms with Gasteiger partial charge in [-0.1, -0.05) is 0 Å². The molecule has 1 aliphatic heterocycles. The summed E-state index contributed by atoms with van der Waals surface area (Å²) < 4.78 is 23.5. The van der Waals surface area contributed by atoms with Crippen LogP contribution in [0.25, 0.3) is 0 Å². The molecule has 0 aromatic heterocycles. The highest BCUT2D eigenvalue weighted by Crippen LogP contribution is 2.10. The molecule has 1 heterocycles. The molecule has 1 N–H and O–H groups in total. The van der Waals surface area contributed by atoms with Gasteiger partial charge in [0.25, 0.3) is 9.24 Å². The summed E-state index contributed by atoms with van der Waals surface area (Å²) in [4.78, 5) is 2.26. The SMILES string of the molecule is CC(CNS(=O)(=O)Cl)N1CCCC1. The Morgan fingerprint density at radius 2 is 2.00 bits per heavy atom. The lowest BCUT2D eigenvalue weighted by molar-refractivity contribution is 0.260. The van der Waals surface area contributed by atoms with Crippen LogP contribution < -0.4 is 4.72 Å². The first-order valence-electron chi connectivity index (χ1n) is 4.42. The van der Waals surface area contributed by atoms with Crippen molar-refractivity contribution in [2.75, 3.05) is 19.6 Å². The molecule has 1 fully saturated rings. The van der Waals surface area contributed by atoms with Crippen LogP contribution in [0.5, 0.6) is 0 Å². The lowest BCUT2D eigenvalue weighted by Crippen LogP contribution is -2.39. The van der Waals surface area contributed by atoms with E-state index in [4.69, 9.17) is 10.7 Å². The molecule has 0 spiro atoms. The van der Waals surface area contributed by atoms with Crippen LogP contribution in [0.3, 0.4) is 0 Å². The molecule has 1 aliphatic rings. The van der Waals surface area contributed by atoms with Gasteiger partial charge in [0.15, 0.2) is 0 Å². The van der Waals surface area contributed by atoms with Crippen molar-refractivity contribution in [3.63, 3.8) is 0 Å². The largest absolute Gasteiger partial charge is 0.299 e. The number of likely N-dealkylation sites (tertiary alicyclic amines) is 1. The van der Waals surface area contributed by atoms with Gasteiger partial charge in [-0.15, -0.1) is 0 Å². The van der Waals surface area contributed by atoms with Crippen molar-refractivity contribution in [2.24, 2.45) is 0 Å². The summed E-state index contributed by atoms with van der Waals surface area (Å²) in [5, 5.41) is 0. The summed E-state index contributed by atoms with van der Waals surface area (Å²) >= 11 is 0. The molecule has 13 heavy (non-hydrogen) atoms. The molecule has 0 saturated carbocycles. The highest BCUT2D eigenvalue weighted by molar-refractivity contribution is 8.12. The van der Waals surface area contributed by atoms with Crippen LogP contribution in [-0.4, -0.2) is 39.0 Å². The molecule has 0 aromatic rings. The molecule has 6 heteroatoms. The van der Waals surface area contributed by atoms with Crippen LogP contribution in [0, 0.1) is 0 Å². The molecule has 4 nitrogen and oxygen atoms in total. The van der Waals surface area contributed by atoms with Gasteiger partial charge in [0.2, 0.25) is 0 Å². The number of halogens is 1. The van der Waals surface area contributed by atoms with Gasteiger partial charge in [0.05, 0.1) is 0 Å². The highest BCUT2D eigenvalue weighted by Gasteiger charge is 2.18. The van der Waals surface area contributed by atoms with E-state index in [-0.39, 0.29) is 6.04 Å². The quantitative estimate of drug-likeness (QED) is 0.713. The zero-order valence-corrected chi connectivity index (χ0v) is 9.24. The number of hydrogen-bond acceptors (Lipinski definition) is 3. The molecule has 1 atom stereocenters. The Balaban J connectivity index is 2.28. The first kappa shape index (κ1) is 11.2. The predicted octanol–water partition coefficient (Wildman–Crippen LogP) is 0.544. The summed E-state index contributed by atoms with van der Waals surface area (Å²) in [6.45, 7) is 4.52. The van der Waals surface area contributed by atoms with Gasteiger partial charge in [-0.2, -0.15) is 8.42 Å². The maximum Gasteiger partial charge on any atom is 0.297 e. The minimum absolute atomic E-state index is 0.232. The molecular formula is C7H15ClN2O2S. The van der Waals surface area contributed by atoms with Gasteiger partial charge in [0.1, 0.15) is 0 Å². The minimum Gasteiger partial charge on any atom is -0.299 e. The normalized spacial score (nSPS) is 22.0. The third kappa shape index (κ3) is 4.26. The van der Waals surface area contributed by atoms with Crippen LogP contribution >= 0.6 is 10.7 Å². The Morgan fingerprint density at radius 3 is 2.46 bits per heavy atom. The Morgan fingerprint density at radius 1 is 1.46 bits per heavy atom. The molecule has 0 radical (unpaired) electrons. The zero-order chi connectivity index (χ0) is 9.90. The molecule has 78 valence electrons. The molecule has 0 amide bonds. The third-order valence-corrected chi connectivity index (χ3v) is 3.15. The second-order valence-corrected chi connectivity index (χ2v) is 5.76. The maximum absolute atomic E-state index is 10.6. The first-order chi connectivity index (χ1) is 5.99. The summed E-state index contributed by atoms with van der Waals surface area (Å²) in [6.07, 6.45) is 2.41. The van der Waals surface area contributed by atoms with Crippen molar-refractivity contribution in [1.29, 1.82) is 0 Å². The molecule has 1 rings (SSSR count). The van der Waals surface area contributed by atoms with Gasteiger partial charge in [-0.05, 0) is 32.9 Å². The Kier molecular flexibility index (Phi) is 3.97. The van der Waals surface area contributed by atoms with E-state index >= 15 is 0 Å². The second kappa shape index (κ2) is 4.59. The Hall–Kier alpha value is 0.160. The minimum atomic E-state index is -3.55. The van der Waals surface area contributed by atoms with Crippen LogP contribution in [-0.2, 0) is 9.24 Å². The molecule has 0 aromatic carbocycles. The van der Waals surface area contributed by atoms with Crippen LogP contribution in [0.1, 0.15) is 19.8 Å². The third-order valence-electron chi connectivity index (χ3n) is 2.32. The predicted molar refractivity (Wildman–Crippen MR) is 53.0 cm³/mol. The number of nitrogens with zero attached hydrogens (tertiary/aromatic N) is 1. The summed E-state index contributed by atoms with van der Waals surface area (Å²) in [7, 11) is 1.47. The fraction of sp³-hybridized carbons (Fsp3) is 1.00. The van der Waals surface area contributed by atoms with E-state index in [0.717, 1.165) is 13.1 Å². The molecule has 0 aliphatic carbocycles. The fourth-order valence-electron chi connectivity index (χ4n) is 1.53. The van der Waals surface area contributed by atoms with Gasteiger partial charge in [0, 0.05) is 23.3 Å². The van der Waals surface area contributed by atoms with Gasteiger partial charge < -0.3 is 0 Å². The Labute approximate surface area is 83.8 Å². The maximum atomic E-state index is 10.6. The number of hydrogen-bond donors (Lipinski definition) is 1. The highest BCUT2D eigenvalue weighted by atomic mass is 35.7. The summed E-state index contributed by atoms with van der Waals surface area (Å²) in [6, 6.07) is 0.232. The molecule has 0 bridgehead atoms. The van der Waals surface area contributed by atoms with Crippen molar-refractivity contribution in [2.45, 2.75) is 25.8 Å². The van der Waals surface area contributed by atoms with E-state index in [1.54, 1.807) is 0 Å². The average Bonchev–Trinajstić information content (AvgIpc) is 2.50. The molecule has 1 unspecified atom stereocenters. The van der Waals surface area contributed by atoms with Crippen molar-refractivity contribution in [3.05, 3.63) is 0 Å². The fourth-order valence-corrected chi connectivity index (χ4v) is 2.16. The monoisotopic (exact) mass is 226 g/mol. The van der Waals surface area contributed by atoms with E-state index in [0.29, 0.717) is 6.54 Å². The Bertz CT molecular complexity index is 249. The van der Waals surface area contributed by atoms with Crippen molar-refractivity contribution >= 4 is 19.9 Å². The van der Waals surface area contributed by atoms with E-state index in [2.05, 4.69) is 9.62 Å². The molecular weight excluding hydrogens is 212 g/mol. The van der Waals surface area contributed by atoms with E-state index < -0.39 is 9.24 Å².